The van der Waals surface area contributed by atoms with E-state index in [1.54, 1.807) is 48.5 Å². The van der Waals surface area contributed by atoms with Crippen molar-refractivity contribution in [2.24, 2.45) is 0 Å². The van der Waals surface area contributed by atoms with Crippen LogP contribution in [-0.4, -0.2) is 24.8 Å². The summed E-state index contributed by atoms with van der Waals surface area (Å²) in [6, 6.07) is 13.2. The van der Waals surface area contributed by atoms with Crippen LogP contribution < -0.4 is 5.32 Å². The van der Waals surface area contributed by atoms with Crippen LogP contribution >= 0.6 is 15.9 Å². The molecule has 0 spiro atoms. The highest BCUT2D eigenvalue weighted by Crippen LogP contribution is 2.20. The van der Waals surface area contributed by atoms with Gasteiger partial charge in [0.05, 0.1) is 19.6 Å². The first-order chi connectivity index (χ1) is 11.9. The molecule has 1 atom stereocenters. The van der Waals surface area contributed by atoms with Crippen LogP contribution in [0.25, 0.3) is 0 Å². The van der Waals surface area contributed by atoms with Crippen molar-refractivity contribution in [1.82, 2.24) is 5.32 Å². The molecule has 0 heterocycles. The minimum absolute atomic E-state index is 0.0644. The summed E-state index contributed by atoms with van der Waals surface area (Å²) in [6.07, 6.45) is -0.0644. The zero-order valence-electron chi connectivity index (χ0n) is 13.9. The molecule has 0 aliphatic carbocycles. The Kier molecular flexibility index (Phi) is 6.47. The average Bonchev–Trinajstić information content (AvgIpc) is 2.61. The summed E-state index contributed by atoms with van der Waals surface area (Å²) in [5.74, 6) is -1.89. The number of rotatable bonds is 6. The third kappa shape index (κ3) is 5.26. The molecular formula is C19H18BrNO4. The molecule has 0 radical (unpaired) electrons. The Labute approximate surface area is 154 Å². The number of hydrogen-bond donors (Lipinski definition) is 1. The fourth-order valence-electron chi connectivity index (χ4n) is 2.26. The molecule has 2 rings (SSSR count). The Hall–Kier alpha value is -2.47. The van der Waals surface area contributed by atoms with Crippen molar-refractivity contribution in [3.63, 3.8) is 0 Å². The smallest absolute Gasteiger partial charge is 0.307 e. The van der Waals surface area contributed by atoms with E-state index in [-0.39, 0.29) is 6.42 Å². The van der Waals surface area contributed by atoms with Crippen molar-refractivity contribution in [3.05, 3.63) is 69.7 Å². The maximum atomic E-state index is 12.3. The van der Waals surface area contributed by atoms with Gasteiger partial charge in [-0.3, -0.25) is 14.4 Å². The van der Waals surface area contributed by atoms with E-state index in [9.17, 15) is 14.4 Å². The van der Waals surface area contributed by atoms with Gasteiger partial charge in [0.2, 0.25) is 5.78 Å². The Bertz CT molecular complexity index is 769. The first kappa shape index (κ1) is 18.9. The fraction of sp³-hybridized carbons (Fsp3) is 0.211. The minimum atomic E-state index is -0.763. The standard InChI is InChI=1S/C19H18BrNO4/c1-12-3-5-14(6-4-12)18(23)19(24)21-16(11-17(22)25-2)13-7-9-15(20)10-8-13/h3-10,16H,11H2,1-2H3,(H,21,24). The number of carbonyl (C=O) groups excluding carboxylic acids is 3. The molecule has 0 aliphatic rings. The number of ketones is 1. The molecule has 0 fully saturated rings. The molecular weight excluding hydrogens is 386 g/mol. The predicted octanol–water partition coefficient (Wildman–Crippen LogP) is 3.36. The van der Waals surface area contributed by atoms with Gasteiger partial charge in [-0.05, 0) is 24.6 Å². The van der Waals surface area contributed by atoms with Crippen molar-refractivity contribution in [2.45, 2.75) is 19.4 Å². The monoisotopic (exact) mass is 403 g/mol. The van der Waals surface area contributed by atoms with Crippen molar-refractivity contribution >= 4 is 33.6 Å². The number of halogens is 1. The number of methoxy groups -OCH3 is 1. The Morgan fingerprint density at radius 3 is 2.20 bits per heavy atom. The van der Waals surface area contributed by atoms with Gasteiger partial charge in [-0.2, -0.15) is 0 Å². The van der Waals surface area contributed by atoms with Gasteiger partial charge in [0.1, 0.15) is 0 Å². The fourth-order valence-corrected chi connectivity index (χ4v) is 2.52. The topological polar surface area (TPSA) is 72.5 Å². The summed E-state index contributed by atoms with van der Waals surface area (Å²) in [7, 11) is 1.28. The van der Waals surface area contributed by atoms with Gasteiger partial charge < -0.3 is 10.1 Å². The van der Waals surface area contributed by atoms with Crippen LogP contribution in [0.15, 0.2) is 53.0 Å². The zero-order chi connectivity index (χ0) is 18.4. The highest BCUT2D eigenvalue weighted by molar-refractivity contribution is 9.10. The number of amides is 1. The number of benzene rings is 2. The molecule has 0 saturated heterocycles. The lowest BCUT2D eigenvalue weighted by atomic mass is 10.0. The van der Waals surface area contributed by atoms with Gasteiger partial charge in [-0.1, -0.05) is 57.9 Å². The summed E-state index contributed by atoms with van der Waals surface area (Å²) < 4.78 is 5.55. The van der Waals surface area contributed by atoms with Gasteiger partial charge in [0, 0.05) is 10.0 Å². The first-order valence-corrected chi connectivity index (χ1v) is 8.44. The lowest BCUT2D eigenvalue weighted by Crippen LogP contribution is -2.35. The van der Waals surface area contributed by atoms with Crippen LogP contribution in [0, 0.1) is 6.92 Å². The van der Waals surface area contributed by atoms with E-state index < -0.39 is 23.7 Å². The molecule has 25 heavy (non-hydrogen) atoms. The number of aryl methyl sites for hydroxylation is 1. The van der Waals surface area contributed by atoms with Crippen LogP contribution in [-0.2, 0) is 14.3 Å². The van der Waals surface area contributed by atoms with Crippen LogP contribution in [0.3, 0.4) is 0 Å². The lowest BCUT2D eigenvalue weighted by molar-refractivity contribution is -0.141. The third-order valence-corrected chi connectivity index (χ3v) is 4.22. The summed E-state index contributed by atoms with van der Waals surface area (Å²) in [5, 5.41) is 2.63. The Morgan fingerprint density at radius 1 is 1.04 bits per heavy atom. The van der Waals surface area contributed by atoms with Crippen molar-refractivity contribution in [2.75, 3.05) is 7.11 Å². The number of ether oxygens (including phenoxy) is 1. The summed E-state index contributed by atoms with van der Waals surface area (Å²) in [5.41, 5.74) is 2.00. The quantitative estimate of drug-likeness (QED) is 0.455. The molecule has 0 saturated carbocycles. The third-order valence-electron chi connectivity index (χ3n) is 3.70. The van der Waals surface area contributed by atoms with E-state index in [4.69, 9.17) is 0 Å². The summed E-state index contributed by atoms with van der Waals surface area (Å²) in [4.78, 5) is 36.3. The molecule has 130 valence electrons. The summed E-state index contributed by atoms with van der Waals surface area (Å²) in [6.45, 7) is 1.90. The van der Waals surface area contributed by atoms with Crippen molar-refractivity contribution < 1.29 is 19.1 Å². The molecule has 0 bridgehead atoms. The van der Waals surface area contributed by atoms with Gasteiger partial charge in [0.25, 0.3) is 5.91 Å². The van der Waals surface area contributed by atoms with E-state index >= 15 is 0 Å². The number of carbonyl (C=O) groups is 3. The molecule has 2 aromatic rings. The normalized spacial score (nSPS) is 11.5. The highest BCUT2D eigenvalue weighted by Gasteiger charge is 2.23. The Morgan fingerprint density at radius 2 is 1.64 bits per heavy atom. The van der Waals surface area contributed by atoms with Crippen LogP contribution in [0.2, 0.25) is 0 Å². The van der Waals surface area contributed by atoms with Gasteiger partial charge >= 0.3 is 5.97 Å². The molecule has 1 N–H and O–H groups in total. The minimum Gasteiger partial charge on any atom is -0.469 e. The molecule has 1 amide bonds. The molecule has 0 aromatic heterocycles. The Balaban J connectivity index is 2.18. The van der Waals surface area contributed by atoms with E-state index in [1.165, 1.54) is 7.11 Å². The maximum Gasteiger partial charge on any atom is 0.307 e. The van der Waals surface area contributed by atoms with E-state index in [1.807, 2.05) is 6.92 Å². The maximum absolute atomic E-state index is 12.3. The number of Topliss-reactive ketones (excluding diaryl/α,β-unsaturated/α-hetero) is 1. The highest BCUT2D eigenvalue weighted by atomic mass is 79.9. The molecule has 1 unspecified atom stereocenters. The number of hydrogen-bond acceptors (Lipinski definition) is 4. The first-order valence-electron chi connectivity index (χ1n) is 7.65. The van der Waals surface area contributed by atoms with Gasteiger partial charge in [-0.15, -0.1) is 0 Å². The zero-order valence-corrected chi connectivity index (χ0v) is 15.5. The number of nitrogens with one attached hydrogen (secondary N) is 1. The van der Waals surface area contributed by atoms with Crippen LogP contribution in [0.4, 0.5) is 0 Å². The van der Waals surface area contributed by atoms with E-state index in [0.29, 0.717) is 11.1 Å². The van der Waals surface area contributed by atoms with Gasteiger partial charge in [0.15, 0.2) is 0 Å². The van der Waals surface area contributed by atoms with E-state index in [2.05, 4.69) is 26.0 Å². The van der Waals surface area contributed by atoms with Crippen LogP contribution in [0.5, 0.6) is 0 Å². The largest absolute Gasteiger partial charge is 0.469 e. The summed E-state index contributed by atoms with van der Waals surface area (Å²) >= 11 is 3.34. The van der Waals surface area contributed by atoms with E-state index in [0.717, 1.165) is 10.0 Å². The predicted molar refractivity (Wildman–Crippen MR) is 97.2 cm³/mol. The second-order valence-corrected chi connectivity index (χ2v) is 6.47. The van der Waals surface area contributed by atoms with Crippen molar-refractivity contribution in [3.8, 4) is 0 Å². The average molecular weight is 404 g/mol. The second kappa shape index (κ2) is 8.58. The lowest BCUT2D eigenvalue weighted by Gasteiger charge is -2.18. The molecule has 2 aromatic carbocycles. The number of esters is 1. The van der Waals surface area contributed by atoms with Crippen molar-refractivity contribution in [1.29, 1.82) is 0 Å². The molecule has 6 heteroatoms. The SMILES string of the molecule is COC(=O)CC(NC(=O)C(=O)c1ccc(C)cc1)c1ccc(Br)cc1. The molecule has 5 nitrogen and oxygen atoms in total. The second-order valence-electron chi connectivity index (χ2n) is 5.55. The molecule has 0 aliphatic heterocycles. The van der Waals surface area contributed by atoms with Crippen LogP contribution in [0.1, 0.15) is 33.9 Å². The van der Waals surface area contributed by atoms with Gasteiger partial charge in [-0.25, -0.2) is 0 Å².